The quantitative estimate of drug-likeness (QED) is 0.578. The van der Waals surface area contributed by atoms with E-state index in [4.69, 9.17) is 5.73 Å². The molecule has 0 saturated carbocycles. The van der Waals surface area contributed by atoms with E-state index in [1.807, 2.05) is 0 Å². The summed E-state index contributed by atoms with van der Waals surface area (Å²) in [5.41, 5.74) is 7.11. The fourth-order valence-electron chi connectivity index (χ4n) is 1.78. The molecule has 0 bridgehead atoms. The van der Waals surface area contributed by atoms with E-state index in [0.29, 0.717) is 11.3 Å². The molecule has 7 heteroatoms. The fraction of sp³-hybridized carbons (Fsp3) is 0.214. The first-order chi connectivity index (χ1) is 10.1. The first-order valence-corrected chi connectivity index (χ1v) is 6.37. The molecule has 2 rings (SSSR count). The van der Waals surface area contributed by atoms with E-state index in [1.54, 1.807) is 24.4 Å². The van der Waals surface area contributed by atoms with E-state index in [2.05, 4.69) is 15.5 Å². The lowest BCUT2D eigenvalue weighted by Crippen LogP contribution is -2.41. The van der Waals surface area contributed by atoms with Crippen molar-refractivity contribution in [2.45, 2.75) is 19.0 Å². The summed E-state index contributed by atoms with van der Waals surface area (Å²) in [4.78, 5) is 11.9. The Morgan fingerprint density at radius 1 is 1.29 bits per heavy atom. The maximum Gasteiger partial charge on any atom is 0.237 e. The Hall–Kier alpha value is -2.67. The fourth-order valence-corrected chi connectivity index (χ4v) is 1.78. The predicted molar refractivity (Wildman–Crippen MR) is 75.3 cm³/mol. The minimum atomic E-state index is -0.759. The van der Waals surface area contributed by atoms with Gasteiger partial charge >= 0.3 is 0 Å². The highest BCUT2D eigenvalue weighted by molar-refractivity contribution is 5.81. The highest BCUT2D eigenvalue weighted by Crippen LogP contribution is 2.25. The molecule has 0 radical (unpaired) electrons. The van der Waals surface area contributed by atoms with E-state index in [9.17, 15) is 15.0 Å². The molecule has 0 fully saturated rings. The number of carbonyl (C=O) groups is 1. The lowest BCUT2D eigenvalue weighted by Gasteiger charge is -2.12. The molecule has 7 nitrogen and oxygen atoms in total. The summed E-state index contributed by atoms with van der Waals surface area (Å²) in [5.74, 6) is -0.771. The minimum Gasteiger partial charge on any atom is -0.504 e. The van der Waals surface area contributed by atoms with Crippen LogP contribution in [0.5, 0.6) is 11.5 Å². The molecule has 0 spiro atoms. The standard InChI is InChI=1S/C14H16N4O3/c15-11(6-9-3-4-12(19)13(20)7-9)14(21)16-8-10-2-1-5-17-18-10/h1-5,7,11,19-20H,6,8,15H2,(H,16,21)/t11-/m0/s1. The van der Waals surface area contributed by atoms with Gasteiger partial charge in [-0.2, -0.15) is 10.2 Å². The first-order valence-electron chi connectivity index (χ1n) is 6.37. The number of hydrogen-bond donors (Lipinski definition) is 4. The summed E-state index contributed by atoms with van der Waals surface area (Å²) < 4.78 is 0. The van der Waals surface area contributed by atoms with Gasteiger partial charge in [-0.3, -0.25) is 4.79 Å². The molecule has 0 aliphatic heterocycles. The summed E-state index contributed by atoms with van der Waals surface area (Å²) in [7, 11) is 0. The topological polar surface area (TPSA) is 121 Å². The molecule has 110 valence electrons. The number of aromatic nitrogens is 2. The van der Waals surface area contributed by atoms with Crippen LogP contribution in [-0.4, -0.2) is 32.4 Å². The smallest absolute Gasteiger partial charge is 0.237 e. The number of benzene rings is 1. The van der Waals surface area contributed by atoms with Gasteiger partial charge < -0.3 is 21.3 Å². The van der Waals surface area contributed by atoms with Crippen molar-refractivity contribution in [1.29, 1.82) is 0 Å². The van der Waals surface area contributed by atoms with Gasteiger partial charge in [0.25, 0.3) is 0 Å². The number of aromatic hydroxyl groups is 2. The van der Waals surface area contributed by atoms with Gasteiger partial charge in [-0.15, -0.1) is 0 Å². The largest absolute Gasteiger partial charge is 0.504 e. The van der Waals surface area contributed by atoms with Crippen LogP contribution in [0.1, 0.15) is 11.3 Å². The second-order valence-corrected chi connectivity index (χ2v) is 4.57. The zero-order chi connectivity index (χ0) is 15.2. The molecule has 1 aromatic heterocycles. The van der Waals surface area contributed by atoms with Crippen LogP contribution in [0.3, 0.4) is 0 Å². The van der Waals surface area contributed by atoms with Crippen molar-refractivity contribution in [3.8, 4) is 11.5 Å². The molecule has 5 N–H and O–H groups in total. The highest BCUT2D eigenvalue weighted by atomic mass is 16.3. The van der Waals surface area contributed by atoms with E-state index in [-0.39, 0.29) is 30.4 Å². The van der Waals surface area contributed by atoms with Crippen molar-refractivity contribution in [2.24, 2.45) is 5.73 Å². The van der Waals surface area contributed by atoms with Crippen molar-refractivity contribution >= 4 is 5.91 Å². The third-order valence-electron chi connectivity index (χ3n) is 2.90. The number of amides is 1. The van der Waals surface area contributed by atoms with Crippen molar-refractivity contribution < 1.29 is 15.0 Å². The van der Waals surface area contributed by atoms with Gasteiger partial charge in [0.05, 0.1) is 18.3 Å². The third-order valence-corrected chi connectivity index (χ3v) is 2.90. The van der Waals surface area contributed by atoms with Crippen LogP contribution in [0.15, 0.2) is 36.5 Å². The lowest BCUT2D eigenvalue weighted by molar-refractivity contribution is -0.122. The third kappa shape index (κ3) is 4.15. The molecule has 1 aromatic carbocycles. The Labute approximate surface area is 121 Å². The Balaban J connectivity index is 1.88. The molecule has 2 aromatic rings. The van der Waals surface area contributed by atoms with Crippen LogP contribution in [0.4, 0.5) is 0 Å². The zero-order valence-corrected chi connectivity index (χ0v) is 11.2. The average Bonchev–Trinajstić information content (AvgIpc) is 2.49. The number of nitrogens with two attached hydrogens (primary N) is 1. The molecule has 1 amide bonds. The number of hydrogen-bond acceptors (Lipinski definition) is 6. The maximum atomic E-state index is 11.9. The highest BCUT2D eigenvalue weighted by Gasteiger charge is 2.14. The number of rotatable bonds is 5. The van der Waals surface area contributed by atoms with Gasteiger partial charge in [0.15, 0.2) is 11.5 Å². The van der Waals surface area contributed by atoms with Gasteiger partial charge in [0, 0.05) is 6.20 Å². The monoisotopic (exact) mass is 288 g/mol. The summed E-state index contributed by atoms with van der Waals surface area (Å²) in [6.07, 6.45) is 1.80. The molecule has 1 atom stereocenters. The molecule has 0 saturated heterocycles. The van der Waals surface area contributed by atoms with Crippen molar-refractivity contribution in [1.82, 2.24) is 15.5 Å². The molecular formula is C14H16N4O3. The number of carbonyl (C=O) groups excluding carboxylic acids is 1. The van der Waals surface area contributed by atoms with E-state index in [1.165, 1.54) is 12.1 Å². The van der Waals surface area contributed by atoms with E-state index in [0.717, 1.165) is 0 Å². The predicted octanol–water partition coefficient (Wildman–Crippen LogP) is 0.0740. The number of nitrogens with zero attached hydrogens (tertiary/aromatic N) is 2. The Bertz CT molecular complexity index is 619. The van der Waals surface area contributed by atoms with Crippen LogP contribution in [0.2, 0.25) is 0 Å². The lowest BCUT2D eigenvalue weighted by atomic mass is 10.1. The summed E-state index contributed by atoms with van der Waals surface area (Å²) >= 11 is 0. The normalized spacial score (nSPS) is 11.9. The summed E-state index contributed by atoms with van der Waals surface area (Å²) in [6, 6.07) is 7.06. The Kier molecular flexibility index (Phi) is 4.68. The molecule has 1 heterocycles. The maximum absolute atomic E-state index is 11.9. The number of nitrogens with one attached hydrogen (secondary N) is 1. The van der Waals surface area contributed by atoms with Crippen LogP contribution in [-0.2, 0) is 17.8 Å². The SMILES string of the molecule is N[C@@H](Cc1ccc(O)c(O)c1)C(=O)NCc1cccnn1. The summed E-state index contributed by atoms with van der Waals surface area (Å²) in [5, 5.41) is 28.8. The molecule has 0 aliphatic rings. The molecule has 21 heavy (non-hydrogen) atoms. The van der Waals surface area contributed by atoms with Crippen LogP contribution < -0.4 is 11.1 Å². The van der Waals surface area contributed by atoms with Gasteiger partial charge in [0.2, 0.25) is 5.91 Å². The van der Waals surface area contributed by atoms with E-state index >= 15 is 0 Å². The van der Waals surface area contributed by atoms with Crippen molar-refractivity contribution in [3.63, 3.8) is 0 Å². The van der Waals surface area contributed by atoms with Crippen molar-refractivity contribution in [3.05, 3.63) is 47.8 Å². The first kappa shape index (κ1) is 14.7. The zero-order valence-electron chi connectivity index (χ0n) is 11.2. The van der Waals surface area contributed by atoms with Crippen molar-refractivity contribution in [2.75, 3.05) is 0 Å². The van der Waals surface area contributed by atoms with Crippen LogP contribution in [0, 0.1) is 0 Å². The Morgan fingerprint density at radius 2 is 2.10 bits per heavy atom. The van der Waals surface area contributed by atoms with Gasteiger partial charge in [-0.05, 0) is 36.2 Å². The van der Waals surface area contributed by atoms with E-state index < -0.39 is 6.04 Å². The van der Waals surface area contributed by atoms with Gasteiger partial charge in [-0.25, -0.2) is 0 Å². The number of phenolic OH excluding ortho intramolecular Hbond substituents is 2. The summed E-state index contributed by atoms with van der Waals surface area (Å²) in [6.45, 7) is 0.251. The molecular weight excluding hydrogens is 272 g/mol. The van der Waals surface area contributed by atoms with Gasteiger partial charge in [0.1, 0.15) is 0 Å². The second-order valence-electron chi connectivity index (χ2n) is 4.57. The average molecular weight is 288 g/mol. The molecule has 0 aliphatic carbocycles. The van der Waals surface area contributed by atoms with Crippen LogP contribution in [0.25, 0.3) is 0 Å². The molecule has 0 unspecified atom stereocenters. The van der Waals surface area contributed by atoms with Gasteiger partial charge in [-0.1, -0.05) is 6.07 Å². The number of phenols is 2. The van der Waals surface area contributed by atoms with Crippen LogP contribution >= 0.6 is 0 Å². The second kappa shape index (κ2) is 6.67. The Morgan fingerprint density at radius 3 is 2.76 bits per heavy atom. The minimum absolute atomic E-state index is 0.209.